The molecule has 3 atom stereocenters. The molecule has 0 amide bonds. The largest absolute Gasteiger partial charge is 0.394 e. The fourth-order valence-electron chi connectivity index (χ4n) is 4.13. The lowest BCUT2D eigenvalue weighted by molar-refractivity contribution is -0.140. The van der Waals surface area contributed by atoms with E-state index in [1.807, 2.05) is 10.8 Å². The molecule has 154 valence electrons. The van der Waals surface area contributed by atoms with Gasteiger partial charge < -0.3 is 19.5 Å². The molecule has 1 saturated heterocycles. The van der Waals surface area contributed by atoms with Crippen molar-refractivity contribution >= 4 is 22.5 Å². The number of aromatic nitrogens is 1. The lowest BCUT2D eigenvalue weighted by Crippen LogP contribution is -2.35. The highest BCUT2D eigenvalue weighted by Gasteiger charge is 2.31. The summed E-state index contributed by atoms with van der Waals surface area (Å²) in [5, 5.41) is 20.6. The Kier molecular flexibility index (Phi) is 5.93. The number of rotatable bonds is 5. The van der Waals surface area contributed by atoms with Gasteiger partial charge in [0.05, 0.1) is 29.4 Å². The average molecular weight is 418 g/mol. The lowest BCUT2D eigenvalue weighted by atomic mass is 10.0. The summed E-state index contributed by atoms with van der Waals surface area (Å²) in [6, 6.07) is 11.2. The van der Waals surface area contributed by atoms with Gasteiger partial charge in [-0.05, 0) is 41.7 Å². The first kappa shape index (κ1) is 20.4. The number of hydrogen-bond donors (Lipinski definition) is 2. The van der Waals surface area contributed by atoms with Gasteiger partial charge >= 0.3 is 0 Å². The van der Waals surface area contributed by atoms with Crippen molar-refractivity contribution in [2.75, 3.05) is 6.61 Å². The highest BCUT2D eigenvalue weighted by Crippen LogP contribution is 2.37. The first-order valence-corrected chi connectivity index (χ1v) is 10.4. The smallest absolute Gasteiger partial charge is 0.136 e. The van der Waals surface area contributed by atoms with Crippen LogP contribution in [0.4, 0.5) is 4.39 Å². The third-order valence-electron chi connectivity index (χ3n) is 5.65. The highest BCUT2D eigenvalue weighted by molar-refractivity contribution is 6.35. The Balaban J connectivity index is 1.78. The molecule has 0 aliphatic carbocycles. The lowest BCUT2D eigenvalue weighted by Gasteiger charge is -2.33. The van der Waals surface area contributed by atoms with Crippen molar-refractivity contribution in [2.45, 2.75) is 51.0 Å². The molecule has 29 heavy (non-hydrogen) atoms. The molecule has 1 aliphatic rings. The standard InChI is InChI=1S/C23H25ClFNO3/c1-2-14-3-5-15(6-4-14)9-16-12-26(21-11-17(28)10-18(13-27)29-21)23-19(24)7-8-20(25)22(16)23/h3-8,12,17-18,21,27-28H,2,9-11,13H2,1H3/t17-,18-,21+/m0/s1. The Labute approximate surface area is 174 Å². The summed E-state index contributed by atoms with van der Waals surface area (Å²) in [7, 11) is 0. The molecule has 2 aromatic carbocycles. The molecule has 2 heterocycles. The summed E-state index contributed by atoms with van der Waals surface area (Å²) >= 11 is 6.46. The van der Waals surface area contributed by atoms with Crippen LogP contribution in [0, 0.1) is 5.82 Å². The van der Waals surface area contributed by atoms with E-state index in [1.165, 1.54) is 11.6 Å². The minimum absolute atomic E-state index is 0.175. The van der Waals surface area contributed by atoms with E-state index in [0.29, 0.717) is 35.2 Å². The van der Waals surface area contributed by atoms with E-state index in [9.17, 15) is 14.6 Å². The molecule has 1 aromatic heterocycles. The first-order chi connectivity index (χ1) is 14.0. The van der Waals surface area contributed by atoms with E-state index in [1.54, 1.807) is 6.07 Å². The van der Waals surface area contributed by atoms with Crippen LogP contribution in [0.15, 0.2) is 42.6 Å². The first-order valence-electron chi connectivity index (χ1n) is 9.99. The Morgan fingerprint density at radius 2 is 1.86 bits per heavy atom. The molecule has 2 N–H and O–H groups in total. The Morgan fingerprint density at radius 1 is 1.14 bits per heavy atom. The molecule has 0 radical (unpaired) electrons. The van der Waals surface area contributed by atoms with Crippen LogP contribution in [0.5, 0.6) is 0 Å². The summed E-state index contributed by atoms with van der Waals surface area (Å²) < 4.78 is 22.6. The van der Waals surface area contributed by atoms with Crippen molar-refractivity contribution in [1.29, 1.82) is 0 Å². The van der Waals surface area contributed by atoms with Gasteiger partial charge in [-0.1, -0.05) is 42.8 Å². The predicted molar refractivity (Wildman–Crippen MR) is 112 cm³/mol. The summed E-state index contributed by atoms with van der Waals surface area (Å²) in [5.41, 5.74) is 3.71. The second-order valence-electron chi connectivity index (χ2n) is 7.68. The predicted octanol–water partition coefficient (Wildman–Crippen LogP) is 4.62. The van der Waals surface area contributed by atoms with E-state index >= 15 is 0 Å². The van der Waals surface area contributed by atoms with Crippen molar-refractivity contribution in [2.24, 2.45) is 0 Å². The number of aryl methyl sites for hydroxylation is 1. The van der Waals surface area contributed by atoms with Crippen LogP contribution in [-0.2, 0) is 17.6 Å². The van der Waals surface area contributed by atoms with Crippen LogP contribution in [-0.4, -0.2) is 33.6 Å². The molecule has 0 unspecified atom stereocenters. The maximum absolute atomic E-state index is 14.8. The average Bonchev–Trinajstić information content (AvgIpc) is 3.11. The molecule has 0 saturated carbocycles. The molecular weight excluding hydrogens is 393 g/mol. The normalized spacial score (nSPS) is 22.3. The molecule has 1 aliphatic heterocycles. The Bertz CT molecular complexity index is 1000. The second-order valence-corrected chi connectivity index (χ2v) is 8.09. The van der Waals surface area contributed by atoms with Crippen LogP contribution in [0.2, 0.25) is 5.02 Å². The summed E-state index contributed by atoms with van der Waals surface area (Å²) in [5.74, 6) is -0.335. The summed E-state index contributed by atoms with van der Waals surface area (Å²) in [4.78, 5) is 0. The number of nitrogens with zero attached hydrogens (tertiary/aromatic N) is 1. The van der Waals surface area contributed by atoms with Crippen molar-refractivity contribution in [3.05, 3.63) is 70.1 Å². The number of aliphatic hydroxyl groups excluding tert-OH is 2. The van der Waals surface area contributed by atoms with Crippen LogP contribution in [0.3, 0.4) is 0 Å². The van der Waals surface area contributed by atoms with Crippen LogP contribution in [0.25, 0.3) is 10.9 Å². The van der Waals surface area contributed by atoms with Crippen LogP contribution < -0.4 is 0 Å². The number of fused-ring (bicyclic) bond motifs is 1. The second kappa shape index (κ2) is 8.44. The molecule has 3 aromatic rings. The fourth-order valence-corrected chi connectivity index (χ4v) is 4.39. The number of halogens is 2. The number of aliphatic hydroxyl groups is 2. The van der Waals surface area contributed by atoms with Gasteiger partial charge in [-0.15, -0.1) is 0 Å². The zero-order valence-corrected chi connectivity index (χ0v) is 17.1. The van der Waals surface area contributed by atoms with Gasteiger partial charge in [0.2, 0.25) is 0 Å². The van der Waals surface area contributed by atoms with E-state index in [2.05, 4.69) is 31.2 Å². The third-order valence-corrected chi connectivity index (χ3v) is 5.95. The SMILES string of the molecule is CCc1ccc(Cc2cn([C@H]3C[C@@H](O)C[C@@H](CO)O3)c3c(Cl)ccc(F)c23)cc1. The maximum Gasteiger partial charge on any atom is 0.136 e. The third kappa shape index (κ3) is 4.05. The fraction of sp³-hybridized carbons (Fsp3) is 0.391. The molecule has 0 bridgehead atoms. The monoisotopic (exact) mass is 417 g/mol. The van der Waals surface area contributed by atoms with Crippen LogP contribution in [0.1, 0.15) is 42.7 Å². The van der Waals surface area contributed by atoms with Crippen molar-refractivity contribution in [3.8, 4) is 0 Å². The number of hydrogen-bond acceptors (Lipinski definition) is 3. The van der Waals surface area contributed by atoms with E-state index < -0.39 is 18.4 Å². The molecule has 4 nitrogen and oxygen atoms in total. The van der Waals surface area contributed by atoms with Gasteiger partial charge in [0.1, 0.15) is 12.0 Å². The van der Waals surface area contributed by atoms with Gasteiger partial charge in [-0.2, -0.15) is 0 Å². The topological polar surface area (TPSA) is 54.6 Å². The van der Waals surface area contributed by atoms with Crippen molar-refractivity contribution < 1.29 is 19.3 Å². The Hall–Kier alpha value is -1.92. The quantitative estimate of drug-likeness (QED) is 0.637. The van der Waals surface area contributed by atoms with E-state index in [-0.39, 0.29) is 12.4 Å². The van der Waals surface area contributed by atoms with E-state index in [4.69, 9.17) is 16.3 Å². The number of benzene rings is 2. The van der Waals surface area contributed by atoms with E-state index in [0.717, 1.165) is 17.5 Å². The van der Waals surface area contributed by atoms with Gasteiger partial charge in [0.25, 0.3) is 0 Å². The Morgan fingerprint density at radius 3 is 2.55 bits per heavy atom. The minimum Gasteiger partial charge on any atom is -0.394 e. The zero-order valence-electron chi connectivity index (χ0n) is 16.3. The number of ether oxygens (including phenoxy) is 1. The van der Waals surface area contributed by atoms with Crippen molar-refractivity contribution in [1.82, 2.24) is 4.57 Å². The zero-order chi connectivity index (χ0) is 20.5. The van der Waals surface area contributed by atoms with Gasteiger partial charge in [-0.25, -0.2) is 4.39 Å². The molecular formula is C23H25ClFNO3. The van der Waals surface area contributed by atoms with Crippen LogP contribution >= 0.6 is 11.6 Å². The van der Waals surface area contributed by atoms with Crippen molar-refractivity contribution in [3.63, 3.8) is 0 Å². The van der Waals surface area contributed by atoms with Gasteiger partial charge in [0.15, 0.2) is 0 Å². The summed E-state index contributed by atoms with van der Waals surface area (Å²) in [6.07, 6.45) is 2.56. The maximum atomic E-state index is 14.8. The molecule has 4 rings (SSSR count). The minimum atomic E-state index is -0.597. The van der Waals surface area contributed by atoms with Gasteiger partial charge in [-0.3, -0.25) is 0 Å². The molecule has 0 spiro atoms. The summed E-state index contributed by atoms with van der Waals surface area (Å²) in [6.45, 7) is 1.93. The highest BCUT2D eigenvalue weighted by atomic mass is 35.5. The molecule has 1 fully saturated rings. The molecule has 6 heteroatoms. The van der Waals surface area contributed by atoms with Gasteiger partial charge in [0, 0.05) is 24.4 Å².